The second-order valence-corrected chi connectivity index (χ2v) is 2.64. The molecule has 62 valence electrons. The lowest BCUT2D eigenvalue weighted by molar-refractivity contribution is 0.961. The first-order valence-electron chi connectivity index (χ1n) is 3.73. The van der Waals surface area contributed by atoms with Gasteiger partial charge in [0.05, 0.1) is 11.9 Å². The number of anilines is 1. The van der Waals surface area contributed by atoms with Crippen LogP contribution >= 0.6 is 0 Å². The molecule has 2 heterocycles. The zero-order valence-corrected chi connectivity index (χ0v) is 6.57. The van der Waals surface area contributed by atoms with Crippen molar-refractivity contribution >= 4 is 11.3 Å². The van der Waals surface area contributed by atoms with E-state index >= 15 is 0 Å². The highest BCUT2D eigenvalue weighted by Crippen LogP contribution is 2.09. The molecule has 0 aliphatic carbocycles. The van der Waals surface area contributed by atoms with Crippen LogP contribution < -0.4 is 11.5 Å². The first-order valence-corrected chi connectivity index (χ1v) is 3.73. The van der Waals surface area contributed by atoms with Gasteiger partial charge in [-0.2, -0.15) is 0 Å². The van der Waals surface area contributed by atoms with E-state index < -0.39 is 0 Å². The molecule has 2 aromatic rings. The Bertz CT molecular complexity index is 404. The van der Waals surface area contributed by atoms with Crippen molar-refractivity contribution in [3.63, 3.8) is 0 Å². The number of nitrogens with zero attached hydrogens (tertiary/aromatic N) is 2. The molecule has 4 N–H and O–H groups in total. The standard InChI is InChI=1S/C8H10N4/c9-3-7-4-11-8-2-1-6(10)5-12(7)8/h1-2,4-5H,3,9-10H2. The molecule has 0 radical (unpaired) electrons. The molecule has 2 rings (SSSR count). The fourth-order valence-electron chi connectivity index (χ4n) is 1.20. The van der Waals surface area contributed by atoms with Crippen LogP contribution in [-0.4, -0.2) is 9.38 Å². The van der Waals surface area contributed by atoms with Crippen LogP contribution in [0, 0.1) is 0 Å². The lowest BCUT2D eigenvalue weighted by Crippen LogP contribution is -2.01. The molecule has 4 nitrogen and oxygen atoms in total. The van der Waals surface area contributed by atoms with Crippen LogP contribution in [-0.2, 0) is 6.54 Å². The average Bonchev–Trinajstić information content (AvgIpc) is 2.46. The van der Waals surface area contributed by atoms with Crippen LogP contribution in [0.25, 0.3) is 5.65 Å². The Balaban J connectivity index is 2.75. The van der Waals surface area contributed by atoms with Crippen LogP contribution in [0.5, 0.6) is 0 Å². The van der Waals surface area contributed by atoms with Gasteiger partial charge in [-0.25, -0.2) is 4.98 Å². The first-order chi connectivity index (χ1) is 5.81. The van der Waals surface area contributed by atoms with Crippen LogP contribution in [0.1, 0.15) is 5.69 Å². The van der Waals surface area contributed by atoms with Gasteiger partial charge < -0.3 is 15.9 Å². The molecular formula is C8H10N4. The Morgan fingerprint density at radius 1 is 1.42 bits per heavy atom. The maximum Gasteiger partial charge on any atom is 0.137 e. The third kappa shape index (κ3) is 0.931. The van der Waals surface area contributed by atoms with Crippen LogP contribution in [0.4, 0.5) is 5.69 Å². The van der Waals surface area contributed by atoms with Gasteiger partial charge in [-0.15, -0.1) is 0 Å². The summed E-state index contributed by atoms with van der Waals surface area (Å²) in [5.74, 6) is 0. The second kappa shape index (κ2) is 2.49. The molecule has 0 amide bonds. The van der Waals surface area contributed by atoms with E-state index in [0.717, 1.165) is 17.0 Å². The van der Waals surface area contributed by atoms with Gasteiger partial charge in [0.1, 0.15) is 5.65 Å². The number of pyridine rings is 1. The molecule has 0 unspecified atom stereocenters. The van der Waals surface area contributed by atoms with E-state index in [-0.39, 0.29) is 0 Å². The summed E-state index contributed by atoms with van der Waals surface area (Å²) < 4.78 is 1.90. The molecule has 0 bridgehead atoms. The van der Waals surface area contributed by atoms with Gasteiger partial charge in [0.15, 0.2) is 0 Å². The van der Waals surface area contributed by atoms with E-state index in [1.807, 2.05) is 22.7 Å². The number of imidazole rings is 1. The summed E-state index contributed by atoms with van der Waals surface area (Å²) in [7, 11) is 0. The summed E-state index contributed by atoms with van der Waals surface area (Å²) in [5.41, 5.74) is 13.7. The Morgan fingerprint density at radius 2 is 2.25 bits per heavy atom. The van der Waals surface area contributed by atoms with Crippen molar-refractivity contribution in [2.75, 3.05) is 5.73 Å². The van der Waals surface area contributed by atoms with Gasteiger partial charge in [0.25, 0.3) is 0 Å². The SMILES string of the molecule is NCc1cnc2ccc(N)cn12. The number of fused-ring (bicyclic) bond motifs is 1. The highest BCUT2D eigenvalue weighted by atomic mass is 15.0. The van der Waals surface area contributed by atoms with Crippen LogP contribution in [0.15, 0.2) is 24.5 Å². The molecule has 0 saturated carbocycles. The molecule has 12 heavy (non-hydrogen) atoms. The van der Waals surface area contributed by atoms with Gasteiger partial charge >= 0.3 is 0 Å². The fraction of sp³-hybridized carbons (Fsp3) is 0.125. The van der Waals surface area contributed by atoms with Gasteiger partial charge in [-0.05, 0) is 12.1 Å². The first kappa shape index (κ1) is 7.12. The largest absolute Gasteiger partial charge is 0.398 e. The predicted octanol–water partition coefficient (Wildman–Crippen LogP) is 0.375. The third-order valence-corrected chi connectivity index (χ3v) is 1.81. The molecule has 0 fully saturated rings. The lowest BCUT2D eigenvalue weighted by atomic mass is 10.4. The minimum absolute atomic E-state index is 0.477. The molecule has 2 aromatic heterocycles. The topological polar surface area (TPSA) is 69.3 Å². The zero-order chi connectivity index (χ0) is 8.55. The molecule has 0 atom stereocenters. The van der Waals surface area contributed by atoms with Gasteiger partial charge in [-0.3, -0.25) is 0 Å². The third-order valence-electron chi connectivity index (χ3n) is 1.81. The maximum absolute atomic E-state index is 5.62. The number of hydrogen-bond acceptors (Lipinski definition) is 3. The predicted molar refractivity (Wildman–Crippen MR) is 47.5 cm³/mol. The molecular weight excluding hydrogens is 152 g/mol. The summed E-state index contributed by atoms with van der Waals surface area (Å²) in [6.07, 6.45) is 3.58. The monoisotopic (exact) mass is 162 g/mol. The van der Waals surface area contributed by atoms with Crippen molar-refractivity contribution in [3.05, 3.63) is 30.2 Å². The molecule has 0 aliphatic rings. The lowest BCUT2D eigenvalue weighted by Gasteiger charge is -1.98. The highest BCUT2D eigenvalue weighted by Gasteiger charge is 1.99. The summed E-state index contributed by atoms with van der Waals surface area (Å²) in [5, 5.41) is 0. The molecule has 0 aliphatic heterocycles. The maximum atomic E-state index is 5.62. The van der Waals surface area contributed by atoms with E-state index in [1.165, 1.54) is 0 Å². The summed E-state index contributed by atoms with van der Waals surface area (Å²) >= 11 is 0. The smallest absolute Gasteiger partial charge is 0.137 e. The van der Waals surface area contributed by atoms with Crippen molar-refractivity contribution < 1.29 is 0 Å². The molecule has 0 spiro atoms. The Kier molecular flexibility index (Phi) is 1.48. The minimum Gasteiger partial charge on any atom is -0.398 e. The second-order valence-electron chi connectivity index (χ2n) is 2.64. The molecule has 0 aromatic carbocycles. The minimum atomic E-state index is 0.477. The van der Waals surface area contributed by atoms with Gasteiger partial charge in [-0.1, -0.05) is 0 Å². The van der Waals surface area contributed by atoms with E-state index in [1.54, 1.807) is 6.20 Å². The van der Waals surface area contributed by atoms with Gasteiger partial charge in [0, 0.05) is 18.4 Å². The van der Waals surface area contributed by atoms with Crippen molar-refractivity contribution in [3.8, 4) is 0 Å². The normalized spacial score (nSPS) is 10.8. The van der Waals surface area contributed by atoms with Crippen molar-refractivity contribution in [2.24, 2.45) is 5.73 Å². The van der Waals surface area contributed by atoms with Crippen molar-refractivity contribution in [1.29, 1.82) is 0 Å². The van der Waals surface area contributed by atoms with Crippen LogP contribution in [0.2, 0.25) is 0 Å². The average molecular weight is 162 g/mol. The molecule has 0 saturated heterocycles. The Morgan fingerprint density at radius 3 is 3.00 bits per heavy atom. The van der Waals surface area contributed by atoms with Crippen molar-refractivity contribution in [2.45, 2.75) is 6.54 Å². The fourth-order valence-corrected chi connectivity index (χ4v) is 1.20. The Hall–Kier alpha value is -1.55. The number of rotatable bonds is 1. The molecule has 4 heteroatoms. The van der Waals surface area contributed by atoms with Crippen molar-refractivity contribution in [1.82, 2.24) is 9.38 Å². The quantitative estimate of drug-likeness (QED) is 0.636. The van der Waals surface area contributed by atoms with E-state index in [9.17, 15) is 0 Å². The van der Waals surface area contributed by atoms with E-state index in [4.69, 9.17) is 11.5 Å². The number of hydrogen-bond donors (Lipinski definition) is 2. The highest BCUT2D eigenvalue weighted by molar-refractivity contribution is 5.48. The van der Waals surface area contributed by atoms with Crippen LogP contribution in [0.3, 0.4) is 0 Å². The number of nitrogen functional groups attached to an aromatic ring is 1. The summed E-state index contributed by atoms with van der Waals surface area (Å²) in [4.78, 5) is 4.16. The van der Waals surface area contributed by atoms with E-state index in [0.29, 0.717) is 6.54 Å². The number of nitrogens with two attached hydrogens (primary N) is 2. The van der Waals surface area contributed by atoms with E-state index in [2.05, 4.69) is 4.98 Å². The summed E-state index contributed by atoms with van der Waals surface area (Å²) in [6.45, 7) is 0.477. The zero-order valence-electron chi connectivity index (χ0n) is 6.57. The van der Waals surface area contributed by atoms with Gasteiger partial charge in [0.2, 0.25) is 0 Å². The number of aromatic nitrogens is 2. The summed E-state index contributed by atoms with van der Waals surface area (Å²) in [6, 6.07) is 3.69. The Labute approximate surface area is 69.8 Å².